The first kappa shape index (κ1) is 13.1. The summed E-state index contributed by atoms with van der Waals surface area (Å²) in [4.78, 5) is 7.01. The molecule has 2 heterocycles. The van der Waals surface area contributed by atoms with Gasteiger partial charge in [0.25, 0.3) is 0 Å². The molecular formula is C15H23N3. The fourth-order valence-electron chi connectivity index (χ4n) is 2.52. The monoisotopic (exact) mass is 245 g/mol. The zero-order valence-corrected chi connectivity index (χ0v) is 11.4. The van der Waals surface area contributed by atoms with Crippen molar-refractivity contribution in [3.8, 4) is 0 Å². The minimum atomic E-state index is 1.01. The number of rotatable bonds is 5. The lowest BCUT2D eigenvalue weighted by molar-refractivity contribution is 0.651. The molecule has 0 bridgehead atoms. The number of hydrogen-bond acceptors (Lipinski definition) is 3. The number of nitrogens with one attached hydrogen (secondary N) is 1. The summed E-state index contributed by atoms with van der Waals surface area (Å²) in [6.07, 6.45) is 9.74. The Kier molecular flexibility index (Phi) is 4.76. The van der Waals surface area contributed by atoms with Gasteiger partial charge in [0.1, 0.15) is 5.82 Å². The molecule has 0 spiro atoms. The smallest absolute Gasteiger partial charge is 0.132 e. The third-order valence-corrected chi connectivity index (χ3v) is 3.49. The Bertz CT molecular complexity index is 412. The van der Waals surface area contributed by atoms with Crippen LogP contribution in [0.25, 0.3) is 0 Å². The standard InChI is InChI=1S/C15H23N3/c1-3-4-6-13-8-9-17-15-14(13)7-5-11-18(15)12-10-16-2/h3-4,8-9,16H,5-7,10-12H2,1-2H3/b4-3+. The van der Waals surface area contributed by atoms with E-state index >= 15 is 0 Å². The van der Waals surface area contributed by atoms with Gasteiger partial charge in [-0.1, -0.05) is 12.2 Å². The lowest BCUT2D eigenvalue weighted by Gasteiger charge is -2.31. The van der Waals surface area contributed by atoms with E-state index < -0.39 is 0 Å². The van der Waals surface area contributed by atoms with Gasteiger partial charge in [0.05, 0.1) is 0 Å². The minimum Gasteiger partial charge on any atom is -0.355 e. The van der Waals surface area contributed by atoms with Crippen molar-refractivity contribution in [1.82, 2.24) is 10.3 Å². The normalized spacial score (nSPS) is 15.1. The van der Waals surface area contributed by atoms with Crippen molar-refractivity contribution in [3.05, 3.63) is 35.5 Å². The average Bonchev–Trinajstić information content (AvgIpc) is 2.42. The number of pyridine rings is 1. The molecule has 1 N–H and O–H groups in total. The van der Waals surface area contributed by atoms with Gasteiger partial charge in [-0.25, -0.2) is 4.98 Å². The molecule has 0 aliphatic carbocycles. The maximum atomic E-state index is 4.60. The maximum Gasteiger partial charge on any atom is 0.132 e. The summed E-state index contributed by atoms with van der Waals surface area (Å²) in [5.74, 6) is 1.21. The van der Waals surface area contributed by atoms with Crippen LogP contribution in [-0.4, -0.2) is 31.7 Å². The second kappa shape index (κ2) is 6.55. The Balaban J connectivity index is 2.22. The number of hydrogen-bond donors (Lipinski definition) is 1. The van der Waals surface area contributed by atoms with Crippen LogP contribution < -0.4 is 10.2 Å². The van der Waals surface area contributed by atoms with Crippen molar-refractivity contribution in [2.75, 3.05) is 31.6 Å². The van der Waals surface area contributed by atoms with Crippen LogP contribution in [0, 0.1) is 0 Å². The highest BCUT2D eigenvalue weighted by molar-refractivity contribution is 5.53. The van der Waals surface area contributed by atoms with Crippen molar-refractivity contribution >= 4 is 5.82 Å². The molecule has 1 aliphatic rings. The highest BCUT2D eigenvalue weighted by Gasteiger charge is 2.19. The lowest BCUT2D eigenvalue weighted by Crippen LogP contribution is -2.35. The summed E-state index contributed by atoms with van der Waals surface area (Å²) < 4.78 is 0. The van der Waals surface area contributed by atoms with Crippen LogP contribution in [-0.2, 0) is 12.8 Å². The Morgan fingerprint density at radius 1 is 1.50 bits per heavy atom. The predicted octanol–water partition coefficient (Wildman–Crippen LogP) is 2.17. The number of nitrogens with zero attached hydrogens (tertiary/aromatic N) is 2. The SMILES string of the molecule is C/C=C/Cc1ccnc2c1CCCN2CCNC. The highest BCUT2D eigenvalue weighted by atomic mass is 15.2. The first-order valence-electron chi connectivity index (χ1n) is 6.84. The van der Waals surface area contributed by atoms with Crippen molar-refractivity contribution in [2.45, 2.75) is 26.2 Å². The summed E-state index contributed by atoms with van der Waals surface area (Å²) in [6.45, 7) is 5.27. The number of fused-ring (bicyclic) bond motifs is 1. The first-order valence-corrected chi connectivity index (χ1v) is 6.84. The van der Waals surface area contributed by atoms with Crippen molar-refractivity contribution < 1.29 is 0 Å². The fraction of sp³-hybridized carbons (Fsp3) is 0.533. The molecule has 0 fully saturated rings. The number of aromatic nitrogens is 1. The summed E-state index contributed by atoms with van der Waals surface area (Å²) in [5, 5.41) is 3.21. The molecule has 0 atom stereocenters. The van der Waals surface area contributed by atoms with E-state index in [0.717, 1.165) is 26.1 Å². The van der Waals surface area contributed by atoms with Gasteiger partial charge >= 0.3 is 0 Å². The van der Waals surface area contributed by atoms with Crippen LogP contribution in [0.4, 0.5) is 5.82 Å². The Morgan fingerprint density at radius 2 is 2.39 bits per heavy atom. The molecule has 3 nitrogen and oxygen atoms in total. The van der Waals surface area contributed by atoms with E-state index in [2.05, 4.69) is 40.3 Å². The lowest BCUT2D eigenvalue weighted by atomic mass is 9.98. The molecular weight excluding hydrogens is 222 g/mol. The van der Waals surface area contributed by atoms with E-state index in [1.807, 2.05) is 13.2 Å². The summed E-state index contributed by atoms with van der Waals surface area (Å²) in [7, 11) is 2.00. The van der Waals surface area contributed by atoms with E-state index in [1.165, 1.54) is 29.8 Å². The summed E-state index contributed by atoms with van der Waals surface area (Å²) >= 11 is 0. The van der Waals surface area contributed by atoms with Gasteiger partial charge in [-0.2, -0.15) is 0 Å². The molecule has 18 heavy (non-hydrogen) atoms. The largest absolute Gasteiger partial charge is 0.355 e. The maximum absolute atomic E-state index is 4.60. The number of anilines is 1. The zero-order valence-electron chi connectivity index (χ0n) is 11.4. The third kappa shape index (κ3) is 2.91. The zero-order chi connectivity index (χ0) is 12.8. The molecule has 1 aromatic rings. The van der Waals surface area contributed by atoms with Crippen LogP contribution in [0.1, 0.15) is 24.5 Å². The number of allylic oxidation sites excluding steroid dienone is 2. The molecule has 1 aliphatic heterocycles. The summed E-state index contributed by atoms with van der Waals surface area (Å²) in [6, 6.07) is 2.17. The average molecular weight is 245 g/mol. The Labute approximate surface area is 110 Å². The molecule has 0 saturated carbocycles. The first-order chi connectivity index (χ1) is 8.86. The minimum absolute atomic E-state index is 1.01. The van der Waals surface area contributed by atoms with Crippen molar-refractivity contribution in [2.24, 2.45) is 0 Å². The quantitative estimate of drug-likeness (QED) is 0.806. The predicted molar refractivity (Wildman–Crippen MR) is 77.2 cm³/mol. The molecule has 1 aromatic heterocycles. The van der Waals surface area contributed by atoms with E-state index in [4.69, 9.17) is 0 Å². The molecule has 0 amide bonds. The second-order valence-electron chi connectivity index (χ2n) is 4.74. The molecule has 98 valence electrons. The summed E-state index contributed by atoms with van der Waals surface area (Å²) in [5.41, 5.74) is 2.89. The van der Waals surface area contributed by atoms with Gasteiger partial charge in [0.15, 0.2) is 0 Å². The van der Waals surface area contributed by atoms with Gasteiger partial charge in [-0.05, 0) is 50.4 Å². The van der Waals surface area contributed by atoms with Gasteiger partial charge < -0.3 is 10.2 Å². The van der Waals surface area contributed by atoms with Gasteiger partial charge in [0, 0.05) is 25.8 Å². The third-order valence-electron chi connectivity index (χ3n) is 3.49. The second-order valence-corrected chi connectivity index (χ2v) is 4.74. The van der Waals surface area contributed by atoms with Gasteiger partial charge in [0.2, 0.25) is 0 Å². The van der Waals surface area contributed by atoms with Crippen LogP contribution in [0.2, 0.25) is 0 Å². The van der Waals surface area contributed by atoms with E-state index in [-0.39, 0.29) is 0 Å². The van der Waals surface area contributed by atoms with Crippen LogP contribution in [0.15, 0.2) is 24.4 Å². The molecule has 0 saturated heterocycles. The fourth-order valence-corrected chi connectivity index (χ4v) is 2.52. The molecule has 2 rings (SSSR count). The number of likely N-dealkylation sites (N-methyl/N-ethyl adjacent to an activating group) is 1. The topological polar surface area (TPSA) is 28.2 Å². The van der Waals surface area contributed by atoms with E-state index in [1.54, 1.807) is 0 Å². The van der Waals surface area contributed by atoms with E-state index in [0.29, 0.717) is 0 Å². The molecule has 0 aromatic carbocycles. The Hall–Kier alpha value is -1.35. The Morgan fingerprint density at radius 3 is 3.17 bits per heavy atom. The van der Waals surface area contributed by atoms with E-state index in [9.17, 15) is 0 Å². The highest BCUT2D eigenvalue weighted by Crippen LogP contribution is 2.27. The van der Waals surface area contributed by atoms with Crippen LogP contribution in [0.5, 0.6) is 0 Å². The van der Waals surface area contributed by atoms with Crippen LogP contribution in [0.3, 0.4) is 0 Å². The van der Waals surface area contributed by atoms with Crippen LogP contribution >= 0.6 is 0 Å². The molecule has 0 radical (unpaired) electrons. The van der Waals surface area contributed by atoms with Gasteiger partial charge in [-0.15, -0.1) is 0 Å². The van der Waals surface area contributed by atoms with Crippen molar-refractivity contribution in [1.29, 1.82) is 0 Å². The molecule has 0 unspecified atom stereocenters. The van der Waals surface area contributed by atoms with Crippen molar-refractivity contribution in [3.63, 3.8) is 0 Å². The molecule has 3 heteroatoms. The van der Waals surface area contributed by atoms with Gasteiger partial charge in [-0.3, -0.25) is 0 Å².